The molecule has 24 heavy (non-hydrogen) atoms. The minimum Gasteiger partial charge on any atom is -0.392 e. The van der Waals surface area contributed by atoms with Crippen LogP contribution in [0.15, 0.2) is 54.6 Å². The fourth-order valence-electron chi connectivity index (χ4n) is 2.63. The number of hydrogen-bond acceptors (Lipinski definition) is 1. The van der Waals surface area contributed by atoms with Crippen LogP contribution in [0.3, 0.4) is 0 Å². The maximum Gasteiger partial charge on any atom is 0.0681 e. The summed E-state index contributed by atoms with van der Waals surface area (Å²) in [6.45, 7) is 13.4. The van der Waals surface area contributed by atoms with Gasteiger partial charge in [0, 0.05) is 5.92 Å². The molecule has 0 aliphatic carbocycles. The molecule has 1 unspecified atom stereocenters. The first-order valence-electron chi connectivity index (χ1n) is 8.97. The molecule has 1 nitrogen and oxygen atoms in total. The molecule has 2 aromatic carbocycles. The van der Waals surface area contributed by atoms with Crippen molar-refractivity contribution in [1.29, 1.82) is 0 Å². The average Bonchev–Trinajstić information content (AvgIpc) is 2.52. The zero-order valence-corrected chi connectivity index (χ0v) is 16.2. The first-order valence-corrected chi connectivity index (χ1v) is 8.97. The number of rotatable bonds is 4. The molecule has 132 valence electrons. The van der Waals surface area contributed by atoms with Crippen LogP contribution in [-0.2, 0) is 6.61 Å². The first kappa shape index (κ1) is 20.4. The van der Waals surface area contributed by atoms with Gasteiger partial charge in [-0.1, -0.05) is 96.1 Å². The van der Waals surface area contributed by atoms with E-state index in [2.05, 4.69) is 84.0 Å². The van der Waals surface area contributed by atoms with Gasteiger partial charge in [0.2, 0.25) is 0 Å². The van der Waals surface area contributed by atoms with Gasteiger partial charge < -0.3 is 5.11 Å². The number of benzene rings is 2. The van der Waals surface area contributed by atoms with Crippen molar-refractivity contribution in [2.45, 2.75) is 60.5 Å². The lowest BCUT2D eigenvalue weighted by molar-refractivity contribution is 0.281. The van der Waals surface area contributed by atoms with Crippen molar-refractivity contribution in [2.75, 3.05) is 0 Å². The number of aliphatic hydroxyl groups excluding tert-OH is 1. The van der Waals surface area contributed by atoms with Gasteiger partial charge >= 0.3 is 0 Å². The van der Waals surface area contributed by atoms with Crippen LogP contribution < -0.4 is 0 Å². The van der Waals surface area contributed by atoms with Gasteiger partial charge in [0.05, 0.1) is 6.61 Å². The van der Waals surface area contributed by atoms with Crippen molar-refractivity contribution >= 4 is 0 Å². The van der Waals surface area contributed by atoms with Crippen molar-refractivity contribution in [3.05, 3.63) is 71.3 Å². The van der Waals surface area contributed by atoms with E-state index in [1.165, 1.54) is 11.1 Å². The van der Waals surface area contributed by atoms with Crippen molar-refractivity contribution in [3.8, 4) is 0 Å². The second-order valence-electron chi connectivity index (χ2n) is 8.36. The van der Waals surface area contributed by atoms with Gasteiger partial charge in [-0.3, -0.25) is 0 Å². The molecule has 0 aliphatic heterocycles. The lowest BCUT2D eigenvalue weighted by Gasteiger charge is -2.27. The molecule has 0 radical (unpaired) electrons. The molecule has 0 saturated carbocycles. The summed E-state index contributed by atoms with van der Waals surface area (Å²) in [5.41, 5.74) is 3.88. The molecule has 0 bridgehead atoms. The van der Waals surface area contributed by atoms with Gasteiger partial charge in [-0.25, -0.2) is 0 Å². The molecular weight excluding hydrogens is 292 g/mol. The average molecular weight is 327 g/mol. The Morgan fingerprint density at radius 1 is 0.833 bits per heavy atom. The highest BCUT2D eigenvalue weighted by Crippen LogP contribution is 2.36. The molecule has 1 N–H and O–H groups in total. The maximum atomic E-state index is 9.35. The van der Waals surface area contributed by atoms with Crippen molar-refractivity contribution < 1.29 is 5.11 Å². The molecule has 1 heteroatoms. The van der Waals surface area contributed by atoms with E-state index in [1.54, 1.807) is 0 Å². The largest absolute Gasteiger partial charge is 0.392 e. The maximum absolute atomic E-state index is 9.35. The van der Waals surface area contributed by atoms with Crippen molar-refractivity contribution in [2.24, 2.45) is 11.3 Å². The van der Waals surface area contributed by atoms with Crippen molar-refractivity contribution in [3.63, 3.8) is 0 Å². The summed E-state index contributed by atoms with van der Waals surface area (Å²) in [6.07, 6.45) is 1.09. The van der Waals surface area contributed by atoms with Gasteiger partial charge in [-0.2, -0.15) is 0 Å². The van der Waals surface area contributed by atoms with Crippen molar-refractivity contribution in [1.82, 2.24) is 0 Å². The minimum absolute atomic E-state index is 0.102. The smallest absolute Gasteiger partial charge is 0.0681 e. The van der Waals surface area contributed by atoms with E-state index in [0.29, 0.717) is 5.92 Å². The van der Waals surface area contributed by atoms with Gasteiger partial charge in [0.15, 0.2) is 0 Å². The lowest BCUT2D eigenvalue weighted by atomic mass is 9.78. The molecule has 0 aliphatic rings. The zero-order chi connectivity index (χ0) is 18.2. The molecule has 0 heterocycles. The van der Waals surface area contributed by atoms with Crippen LogP contribution in [0.25, 0.3) is 0 Å². The molecule has 1 atom stereocenters. The molecule has 2 rings (SSSR count). The van der Waals surface area contributed by atoms with Crippen LogP contribution in [0, 0.1) is 11.3 Å². The predicted molar refractivity (Wildman–Crippen MR) is 105 cm³/mol. The SMILES string of the molecule is CC(C)(C)CC(c1ccccc1)c1cccc(CO)c1.CC(C)C. The fourth-order valence-corrected chi connectivity index (χ4v) is 2.63. The highest BCUT2D eigenvalue weighted by atomic mass is 16.3. The molecule has 0 aromatic heterocycles. The van der Waals surface area contributed by atoms with E-state index in [0.717, 1.165) is 17.9 Å². The van der Waals surface area contributed by atoms with Gasteiger partial charge in [0.25, 0.3) is 0 Å². The van der Waals surface area contributed by atoms with E-state index in [4.69, 9.17) is 0 Å². The molecule has 0 saturated heterocycles. The van der Waals surface area contributed by atoms with Gasteiger partial charge in [0.1, 0.15) is 0 Å². The predicted octanol–water partition coefficient (Wildman–Crippen LogP) is 6.41. The Labute approximate surface area is 148 Å². The Kier molecular flexibility index (Phi) is 8.21. The number of hydrogen-bond donors (Lipinski definition) is 1. The monoisotopic (exact) mass is 326 g/mol. The summed E-state index contributed by atoms with van der Waals surface area (Å²) < 4.78 is 0. The standard InChI is InChI=1S/C19H24O.C4H10/c1-19(2,3)13-18(16-9-5-4-6-10-16)17-11-7-8-15(12-17)14-20;1-4(2)3/h4-12,18,20H,13-14H2,1-3H3;4H,1-3H3. The van der Waals surface area contributed by atoms with Crippen LogP contribution >= 0.6 is 0 Å². The van der Waals surface area contributed by atoms with Crippen LogP contribution in [-0.4, -0.2) is 5.11 Å². The Bertz CT molecular complexity index is 576. The third-order valence-corrected chi connectivity index (χ3v) is 3.55. The first-order chi connectivity index (χ1) is 11.2. The fraction of sp³-hybridized carbons (Fsp3) is 0.478. The van der Waals surface area contributed by atoms with E-state index >= 15 is 0 Å². The number of aliphatic hydroxyl groups is 1. The van der Waals surface area contributed by atoms with E-state index in [9.17, 15) is 5.11 Å². The minimum atomic E-state index is 0.102. The molecule has 0 fully saturated rings. The summed E-state index contributed by atoms with van der Waals surface area (Å²) in [5, 5.41) is 9.35. The molecule has 0 amide bonds. The Morgan fingerprint density at radius 3 is 1.88 bits per heavy atom. The quantitative estimate of drug-likeness (QED) is 0.688. The Morgan fingerprint density at radius 2 is 1.38 bits per heavy atom. The van der Waals surface area contributed by atoms with Crippen LogP contribution in [0.1, 0.15) is 70.6 Å². The van der Waals surface area contributed by atoms with E-state index < -0.39 is 0 Å². The van der Waals surface area contributed by atoms with Gasteiger partial charge in [-0.05, 0) is 34.4 Å². The third-order valence-electron chi connectivity index (χ3n) is 3.55. The van der Waals surface area contributed by atoms with E-state index in [-0.39, 0.29) is 12.0 Å². The zero-order valence-electron chi connectivity index (χ0n) is 16.2. The lowest BCUT2D eigenvalue weighted by Crippen LogP contribution is -2.13. The molecule has 2 aromatic rings. The van der Waals surface area contributed by atoms with Crippen LogP contribution in [0.5, 0.6) is 0 Å². The highest BCUT2D eigenvalue weighted by molar-refractivity contribution is 5.35. The second-order valence-corrected chi connectivity index (χ2v) is 8.36. The topological polar surface area (TPSA) is 20.2 Å². The Balaban J connectivity index is 0.000000648. The van der Waals surface area contributed by atoms with Gasteiger partial charge in [-0.15, -0.1) is 0 Å². The van der Waals surface area contributed by atoms with E-state index in [1.807, 2.05) is 12.1 Å². The summed E-state index contributed by atoms with van der Waals surface area (Å²) in [4.78, 5) is 0. The molecular formula is C23H34O. The summed E-state index contributed by atoms with van der Waals surface area (Å²) in [5.74, 6) is 1.21. The highest BCUT2D eigenvalue weighted by Gasteiger charge is 2.21. The third kappa shape index (κ3) is 7.79. The molecule has 0 spiro atoms. The normalized spacial score (nSPS) is 12.5. The van der Waals surface area contributed by atoms with Crippen LogP contribution in [0.2, 0.25) is 0 Å². The summed E-state index contributed by atoms with van der Waals surface area (Å²) in [7, 11) is 0. The Hall–Kier alpha value is -1.60. The van der Waals surface area contributed by atoms with Crippen LogP contribution in [0.4, 0.5) is 0 Å². The second kappa shape index (κ2) is 9.64. The summed E-state index contributed by atoms with van der Waals surface area (Å²) >= 11 is 0. The summed E-state index contributed by atoms with van der Waals surface area (Å²) in [6, 6.07) is 19.0.